The molecule has 0 saturated carbocycles. The van der Waals surface area contributed by atoms with Crippen LogP contribution in [0.4, 0.5) is 18.9 Å². The highest BCUT2D eigenvalue weighted by Crippen LogP contribution is 2.34. The van der Waals surface area contributed by atoms with E-state index in [-0.39, 0.29) is 22.9 Å². The normalized spacial score (nSPS) is 11.2. The second kappa shape index (κ2) is 8.22. The number of rotatable bonds is 6. The molecule has 0 aliphatic rings. The number of alkyl halides is 3. The SMILES string of the molecule is COCCOc1ccccc1C(=O)Nc1cc(C(F)(F)F)ccc1Cl. The number of methoxy groups -OCH3 is 1. The van der Waals surface area contributed by atoms with E-state index < -0.39 is 17.6 Å². The Morgan fingerprint density at radius 3 is 2.56 bits per heavy atom. The number of para-hydroxylation sites is 1. The van der Waals surface area contributed by atoms with Crippen molar-refractivity contribution < 1.29 is 27.4 Å². The first-order valence-corrected chi connectivity index (χ1v) is 7.59. The van der Waals surface area contributed by atoms with Crippen LogP contribution in [0.15, 0.2) is 42.5 Å². The molecule has 4 nitrogen and oxygen atoms in total. The Morgan fingerprint density at radius 2 is 1.88 bits per heavy atom. The maximum Gasteiger partial charge on any atom is 0.416 e. The van der Waals surface area contributed by atoms with Crippen LogP contribution in [-0.4, -0.2) is 26.2 Å². The van der Waals surface area contributed by atoms with Crippen LogP contribution in [0.1, 0.15) is 15.9 Å². The summed E-state index contributed by atoms with van der Waals surface area (Å²) in [5.41, 5.74) is -0.864. The van der Waals surface area contributed by atoms with Crippen molar-refractivity contribution in [1.82, 2.24) is 0 Å². The maximum absolute atomic E-state index is 12.8. The fourth-order valence-electron chi connectivity index (χ4n) is 2.00. The predicted octanol–water partition coefficient (Wildman–Crippen LogP) is 4.64. The van der Waals surface area contributed by atoms with E-state index >= 15 is 0 Å². The quantitative estimate of drug-likeness (QED) is 0.751. The zero-order valence-corrected chi connectivity index (χ0v) is 13.9. The summed E-state index contributed by atoms with van der Waals surface area (Å²) in [5, 5.41) is 2.39. The first kappa shape index (κ1) is 19.1. The largest absolute Gasteiger partial charge is 0.490 e. The van der Waals surface area contributed by atoms with Gasteiger partial charge in [0.15, 0.2) is 0 Å². The molecule has 0 radical (unpaired) electrons. The Balaban J connectivity index is 2.23. The van der Waals surface area contributed by atoms with E-state index in [0.29, 0.717) is 12.4 Å². The molecule has 0 saturated heterocycles. The Bertz CT molecular complexity index is 750. The lowest BCUT2D eigenvalue weighted by Crippen LogP contribution is -2.16. The molecule has 0 aromatic heterocycles. The molecule has 0 unspecified atom stereocenters. The lowest BCUT2D eigenvalue weighted by molar-refractivity contribution is -0.137. The summed E-state index contributed by atoms with van der Waals surface area (Å²) in [7, 11) is 1.51. The molecule has 0 atom stereocenters. The Morgan fingerprint density at radius 1 is 1.16 bits per heavy atom. The fourth-order valence-corrected chi connectivity index (χ4v) is 2.17. The number of hydrogen-bond donors (Lipinski definition) is 1. The van der Waals surface area contributed by atoms with E-state index in [9.17, 15) is 18.0 Å². The highest BCUT2D eigenvalue weighted by Gasteiger charge is 2.31. The summed E-state index contributed by atoms with van der Waals surface area (Å²) in [4.78, 5) is 12.4. The van der Waals surface area contributed by atoms with Crippen LogP contribution in [0, 0.1) is 0 Å². The molecule has 2 aromatic carbocycles. The minimum atomic E-state index is -4.54. The Kier molecular flexibility index (Phi) is 6.27. The van der Waals surface area contributed by atoms with Gasteiger partial charge in [-0.3, -0.25) is 4.79 Å². The standard InChI is InChI=1S/C17H15ClF3NO3/c1-24-8-9-25-15-5-3-2-4-12(15)16(23)22-14-10-11(17(19,20)21)6-7-13(14)18/h2-7,10H,8-9H2,1H3,(H,22,23). The van der Waals surface area contributed by atoms with Crippen LogP contribution < -0.4 is 10.1 Å². The number of ether oxygens (including phenoxy) is 2. The minimum absolute atomic E-state index is 0.000803. The monoisotopic (exact) mass is 373 g/mol. The summed E-state index contributed by atoms with van der Waals surface area (Å²) < 4.78 is 48.7. The topological polar surface area (TPSA) is 47.6 Å². The van der Waals surface area contributed by atoms with Gasteiger partial charge < -0.3 is 14.8 Å². The van der Waals surface area contributed by atoms with Crippen LogP contribution in [-0.2, 0) is 10.9 Å². The van der Waals surface area contributed by atoms with Crippen molar-refractivity contribution in [2.45, 2.75) is 6.18 Å². The summed E-state index contributed by atoms with van der Waals surface area (Å²) in [5.74, 6) is -0.339. The van der Waals surface area contributed by atoms with Gasteiger partial charge in [0.2, 0.25) is 0 Å². The Hall–Kier alpha value is -2.25. The maximum atomic E-state index is 12.8. The first-order valence-electron chi connectivity index (χ1n) is 7.22. The van der Waals surface area contributed by atoms with E-state index in [2.05, 4.69) is 5.32 Å². The molecule has 0 bridgehead atoms. The third-order valence-corrected chi connectivity index (χ3v) is 3.55. The lowest BCUT2D eigenvalue weighted by Gasteiger charge is -2.14. The molecular weight excluding hydrogens is 359 g/mol. The summed E-state index contributed by atoms with van der Waals surface area (Å²) in [6.07, 6.45) is -4.54. The summed E-state index contributed by atoms with van der Waals surface area (Å²) >= 11 is 5.89. The van der Waals surface area contributed by atoms with Crippen LogP contribution in [0.2, 0.25) is 5.02 Å². The van der Waals surface area contributed by atoms with Gasteiger partial charge in [-0.15, -0.1) is 0 Å². The van der Waals surface area contributed by atoms with Gasteiger partial charge in [-0.2, -0.15) is 13.2 Å². The second-order valence-corrected chi connectivity index (χ2v) is 5.39. The van der Waals surface area contributed by atoms with Crippen molar-refractivity contribution >= 4 is 23.2 Å². The molecule has 2 aromatic rings. The second-order valence-electron chi connectivity index (χ2n) is 4.98. The molecule has 1 N–H and O–H groups in total. The molecule has 8 heteroatoms. The number of halogens is 4. The molecule has 134 valence electrons. The van der Waals surface area contributed by atoms with Gasteiger partial charge in [0.1, 0.15) is 12.4 Å². The molecule has 0 fully saturated rings. The van der Waals surface area contributed by atoms with Crippen molar-refractivity contribution in [3.8, 4) is 5.75 Å². The van der Waals surface area contributed by atoms with Crippen molar-refractivity contribution in [1.29, 1.82) is 0 Å². The van der Waals surface area contributed by atoms with Crippen molar-refractivity contribution in [2.75, 3.05) is 25.6 Å². The fraction of sp³-hybridized carbons (Fsp3) is 0.235. The number of benzene rings is 2. The van der Waals surface area contributed by atoms with E-state index in [1.807, 2.05) is 0 Å². The molecule has 2 rings (SSSR count). The zero-order valence-electron chi connectivity index (χ0n) is 13.2. The predicted molar refractivity (Wildman–Crippen MR) is 88.2 cm³/mol. The zero-order chi connectivity index (χ0) is 18.4. The average Bonchev–Trinajstić information content (AvgIpc) is 2.56. The van der Waals surface area contributed by atoms with Crippen molar-refractivity contribution in [2.24, 2.45) is 0 Å². The van der Waals surface area contributed by atoms with E-state index in [1.54, 1.807) is 18.2 Å². The van der Waals surface area contributed by atoms with Crippen LogP contribution in [0.5, 0.6) is 5.75 Å². The molecule has 0 aliphatic carbocycles. The van der Waals surface area contributed by atoms with Crippen molar-refractivity contribution in [3.63, 3.8) is 0 Å². The van der Waals surface area contributed by atoms with Crippen LogP contribution in [0.25, 0.3) is 0 Å². The number of amides is 1. The molecule has 25 heavy (non-hydrogen) atoms. The highest BCUT2D eigenvalue weighted by atomic mass is 35.5. The first-order chi connectivity index (χ1) is 11.8. The summed E-state index contributed by atoms with van der Waals surface area (Å²) in [6.45, 7) is 0.556. The van der Waals surface area contributed by atoms with Crippen LogP contribution in [0.3, 0.4) is 0 Å². The average molecular weight is 374 g/mol. The smallest absolute Gasteiger partial charge is 0.416 e. The lowest BCUT2D eigenvalue weighted by atomic mass is 10.1. The molecular formula is C17H15ClF3NO3. The molecule has 0 heterocycles. The third-order valence-electron chi connectivity index (χ3n) is 3.22. The van der Waals surface area contributed by atoms with Gasteiger partial charge in [0.05, 0.1) is 28.4 Å². The summed E-state index contributed by atoms with van der Waals surface area (Å²) in [6, 6.07) is 9.09. The van der Waals surface area contributed by atoms with E-state index in [1.165, 1.54) is 13.2 Å². The molecule has 0 spiro atoms. The van der Waals surface area contributed by atoms with Gasteiger partial charge in [0.25, 0.3) is 5.91 Å². The third kappa shape index (κ3) is 5.11. The number of carbonyl (C=O) groups is 1. The highest BCUT2D eigenvalue weighted by molar-refractivity contribution is 6.34. The van der Waals surface area contributed by atoms with E-state index in [4.69, 9.17) is 21.1 Å². The number of nitrogens with one attached hydrogen (secondary N) is 1. The molecule has 1 amide bonds. The Labute approximate surface area is 147 Å². The molecule has 0 aliphatic heterocycles. The number of hydrogen-bond acceptors (Lipinski definition) is 3. The van der Waals surface area contributed by atoms with Gasteiger partial charge in [-0.05, 0) is 30.3 Å². The number of anilines is 1. The van der Waals surface area contributed by atoms with E-state index in [0.717, 1.165) is 18.2 Å². The van der Waals surface area contributed by atoms with Crippen molar-refractivity contribution in [3.05, 3.63) is 58.6 Å². The van der Waals surface area contributed by atoms with Gasteiger partial charge in [-0.25, -0.2) is 0 Å². The van der Waals surface area contributed by atoms with Gasteiger partial charge >= 0.3 is 6.18 Å². The minimum Gasteiger partial charge on any atom is -0.490 e. The van der Waals surface area contributed by atoms with Crippen LogP contribution >= 0.6 is 11.6 Å². The number of carbonyl (C=O) groups excluding carboxylic acids is 1. The van der Waals surface area contributed by atoms with Gasteiger partial charge in [-0.1, -0.05) is 23.7 Å². The van der Waals surface area contributed by atoms with Gasteiger partial charge in [0, 0.05) is 7.11 Å².